The average molecular weight is 457 g/mol. The molecule has 0 unspecified atom stereocenters. The van der Waals surface area contributed by atoms with Crippen molar-refractivity contribution in [3.05, 3.63) is 76.5 Å². The number of hydrogen-bond acceptors (Lipinski definition) is 7. The Balaban J connectivity index is 2.28. The summed E-state index contributed by atoms with van der Waals surface area (Å²) in [6.07, 6.45) is -0.248. The molecule has 8 heteroatoms. The minimum atomic E-state index is -0.614. The van der Waals surface area contributed by atoms with Crippen LogP contribution in [0.5, 0.6) is 0 Å². The van der Waals surface area contributed by atoms with E-state index in [2.05, 4.69) is 0 Å². The van der Waals surface area contributed by atoms with Crippen molar-refractivity contribution in [2.45, 2.75) is 6.42 Å². The molecule has 1 fully saturated rings. The molecule has 3 rings (SSSR count). The Morgan fingerprint density at radius 2 is 1.66 bits per heavy atom. The fourth-order valence-electron chi connectivity index (χ4n) is 3.36. The highest BCUT2D eigenvalue weighted by atomic mass is 35.5. The predicted octanol–water partition coefficient (Wildman–Crippen LogP) is 3.78. The third-order valence-electron chi connectivity index (χ3n) is 4.93. The third-order valence-corrected chi connectivity index (χ3v) is 5.18. The van der Waals surface area contributed by atoms with E-state index in [9.17, 15) is 9.59 Å². The number of halogens is 1. The van der Waals surface area contributed by atoms with Crippen molar-refractivity contribution in [1.29, 1.82) is 0 Å². The number of esters is 2. The summed E-state index contributed by atoms with van der Waals surface area (Å²) in [5.74, 6) is -1.16. The van der Waals surface area contributed by atoms with E-state index < -0.39 is 11.9 Å². The molecule has 0 aliphatic carbocycles. The molecule has 2 aromatic rings. The lowest BCUT2D eigenvalue weighted by Crippen LogP contribution is -2.40. The number of carbonyl (C=O) groups excluding carboxylic acids is 2. The molecular formula is C24H25ClN2O5. The third kappa shape index (κ3) is 5.96. The van der Waals surface area contributed by atoms with Crippen LogP contribution < -0.4 is 0 Å². The minimum absolute atomic E-state index is 0.179. The summed E-state index contributed by atoms with van der Waals surface area (Å²) in [6.45, 7) is 2.03. The van der Waals surface area contributed by atoms with Gasteiger partial charge in [0.2, 0.25) is 0 Å². The van der Waals surface area contributed by atoms with Crippen molar-refractivity contribution < 1.29 is 23.8 Å². The second-order valence-corrected chi connectivity index (χ2v) is 7.41. The summed E-state index contributed by atoms with van der Waals surface area (Å²) in [7, 11) is 2.57. The van der Waals surface area contributed by atoms with Crippen molar-refractivity contribution in [2.75, 3.05) is 40.5 Å². The van der Waals surface area contributed by atoms with E-state index >= 15 is 0 Å². The highest BCUT2D eigenvalue weighted by Crippen LogP contribution is 2.26. The van der Waals surface area contributed by atoms with Crippen LogP contribution in [-0.4, -0.2) is 63.1 Å². The number of benzene rings is 2. The maximum atomic E-state index is 12.9. The molecule has 0 amide bonds. The highest BCUT2D eigenvalue weighted by molar-refractivity contribution is 6.30. The van der Waals surface area contributed by atoms with E-state index in [0.717, 1.165) is 5.56 Å². The molecule has 32 heavy (non-hydrogen) atoms. The number of aliphatic imine (C=N–C) groups is 1. The number of allylic oxidation sites excluding steroid dienone is 1. The van der Waals surface area contributed by atoms with Crippen molar-refractivity contribution in [3.8, 4) is 0 Å². The molecule has 0 radical (unpaired) electrons. The lowest BCUT2D eigenvalue weighted by molar-refractivity contribution is -0.143. The summed E-state index contributed by atoms with van der Waals surface area (Å²) >= 11 is 6.04. The second kappa shape index (κ2) is 11.5. The van der Waals surface area contributed by atoms with Gasteiger partial charge in [-0.25, -0.2) is 9.79 Å². The number of rotatable bonds is 7. The normalized spacial score (nSPS) is 15.1. The van der Waals surface area contributed by atoms with Crippen molar-refractivity contribution in [2.24, 2.45) is 4.99 Å². The molecule has 1 saturated heterocycles. The Kier molecular flexibility index (Phi) is 8.41. The van der Waals surface area contributed by atoms with E-state index in [4.69, 9.17) is 30.8 Å². The highest BCUT2D eigenvalue weighted by Gasteiger charge is 2.29. The topological polar surface area (TPSA) is 77.4 Å². The van der Waals surface area contributed by atoms with Crippen LogP contribution in [0.2, 0.25) is 5.02 Å². The minimum Gasteiger partial charge on any atom is -0.469 e. The summed E-state index contributed by atoms with van der Waals surface area (Å²) < 4.78 is 15.4. The zero-order chi connectivity index (χ0) is 22.9. The Morgan fingerprint density at radius 1 is 1.00 bits per heavy atom. The fourth-order valence-corrected chi connectivity index (χ4v) is 3.48. The molecule has 7 nitrogen and oxygen atoms in total. The molecule has 0 spiro atoms. The molecule has 0 aromatic heterocycles. The van der Waals surface area contributed by atoms with Crippen LogP contribution in [0, 0.1) is 0 Å². The van der Waals surface area contributed by atoms with E-state index in [1.165, 1.54) is 14.2 Å². The van der Waals surface area contributed by atoms with E-state index in [-0.39, 0.29) is 12.0 Å². The molecule has 1 aliphatic rings. The van der Waals surface area contributed by atoms with Gasteiger partial charge < -0.3 is 19.1 Å². The van der Waals surface area contributed by atoms with Crippen molar-refractivity contribution in [3.63, 3.8) is 0 Å². The average Bonchev–Trinajstić information content (AvgIpc) is 2.84. The summed E-state index contributed by atoms with van der Waals surface area (Å²) in [4.78, 5) is 32.0. The summed E-state index contributed by atoms with van der Waals surface area (Å²) in [5.41, 5.74) is 2.68. The summed E-state index contributed by atoms with van der Waals surface area (Å²) in [5, 5.41) is 0.593. The van der Waals surface area contributed by atoms with Crippen LogP contribution in [0.15, 0.2) is 70.9 Å². The Morgan fingerprint density at radius 3 is 2.25 bits per heavy atom. The first kappa shape index (κ1) is 23.5. The summed E-state index contributed by atoms with van der Waals surface area (Å²) in [6, 6.07) is 16.6. The maximum absolute atomic E-state index is 12.9. The lowest BCUT2D eigenvalue weighted by Gasteiger charge is -2.33. The molecular weight excluding hydrogens is 432 g/mol. The first-order valence-electron chi connectivity index (χ1n) is 10.1. The van der Waals surface area contributed by atoms with Crippen LogP contribution in [0.25, 0.3) is 0 Å². The zero-order valence-corrected chi connectivity index (χ0v) is 18.8. The number of morpholine rings is 1. The van der Waals surface area contributed by atoms with Crippen molar-refractivity contribution in [1.82, 2.24) is 4.90 Å². The number of ether oxygens (including phenoxy) is 3. The van der Waals surface area contributed by atoms with Crippen LogP contribution in [-0.2, 0) is 23.8 Å². The van der Waals surface area contributed by atoms with Gasteiger partial charge in [-0.1, -0.05) is 41.9 Å². The predicted molar refractivity (Wildman–Crippen MR) is 122 cm³/mol. The zero-order valence-electron chi connectivity index (χ0n) is 18.0. The fraction of sp³-hybridized carbons (Fsp3) is 0.292. The Labute approximate surface area is 192 Å². The smallest absolute Gasteiger partial charge is 0.336 e. The quantitative estimate of drug-likeness (QED) is 0.358. The van der Waals surface area contributed by atoms with Crippen LogP contribution in [0.3, 0.4) is 0 Å². The second-order valence-electron chi connectivity index (χ2n) is 6.97. The molecule has 0 atom stereocenters. The van der Waals surface area contributed by atoms with Gasteiger partial charge in [0.1, 0.15) is 0 Å². The number of nitrogens with zero attached hydrogens (tertiary/aromatic N) is 2. The van der Waals surface area contributed by atoms with E-state index in [1.807, 2.05) is 35.2 Å². The van der Waals surface area contributed by atoms with Gasteiger partial charge in [-0.05, 0) is 24.3 Å². The lowest BCUT2D eigenvalue weighted by atomic mass is 9.99. The van der Waals surface area contributed by atoms with Crippen molar-refractivity contribution >= 4 is 34.9 Å². The van der Waals surface area contributed by atoms with E-state index in [0.29, 0.717) is 48.4 Å². The van der Waals surface area contributed by atoms with Gasteiger partial charge in [0.25, 0.3) is 0 Å². The standard InChI is InChI=1S/C24H25ClN2O5/c1-30-21(28)16-20(24(29)31-2)23(27-12-14-32-15-13-27)22(17-6-4-3-5-7-17)26-19-10-8-18(25)9-11-19/h3-11H,12-16H2,1-2H3/b23-20+,26-22?. The van der Waals surface area contributed by atoms with Crippen LogP contribution in [0.1, 0.15) is 12.0 Å². The Bertz CT molecular complexity index is 997. The molecule has 1 heterocycles. The van der Waals surface area contributed by atoms with E-state index in [1.54, 1.807) is 24.3 Å². The van der Waals surface area contributed by atoms with Gasteiger partial charge in [-0.15, -0.1) is 0 Å². The molecule has 0 bridgehead atoms. The number of carbonyl (C=O) groups is 2. The van der Waals surface area contributed by atoms with Crippen LogP contribution >= 0.6 is 11.6 Å². The molecule has 0 N–H and O–H groups in total. The van der Waals surface area contributed by atoms with Gasteiger partial charge in [0.15, 0.2) is 0 Å². The number of methoxy groups -OCH3 is 2. The molecule has 168 valence electrons. The number of hydrogen-bond donors (Lipinski definition) is 0. The first-order chi connectivity index (χ1) is 15.5. The van der Waals surface area contributed by atoms with Crippen LogP contribution in [0.4, 0.5) is 5.69 Å². The monoisotopic (exact) mass is 456 g/mol. The maximum Gasteiger partial charge on any atom is 0.336 e. The molecule has 1 aliphatic heterocycles. The largest absolute Gasteiger partial charge is 0.469 e. The first-order valence-corrected chi connectivity index (χ1v) is 10.5. The molecule has 2 aromatic carbocycles. The van der Waals surface area contributed by atoms with Gasteiger partial charge in [0.05, 0.1) is 56.5 Å². The van der Waals surface area contributed by atoms with Gasteiger partial charge in [-0.3, -0.25) is 4.79 Å². The van der Waals surface area contributed by atoms with Gasteiger partial charge in [0, 0.05) is 23.7 Å². The Hall–Kier alpha value is -3.16. The van der Waals surface area contributed by atoms with Gasteiger partial charge >= 0.3 is 11.9 Å². The van der Waals surface area contributed by atoms with Gasteiger partial charge in [-0.2, -0.15) is 0 Å². The SMILES string of the molecule is COC(=O)C/C(C(=O)OC)=C(/C(=Nc1ccc(Cl)cc1)c1ccccc1)N1CCOCC1. The molecule has 0 saturated carbocycles.